The minimum absolute atomic E-state index is 0.199. The SMILES string of the molecule is CCc1[nH]ncc1C(=O)OCC(=O)c1cc(C)c(C)cc1C. The zero-order valence-corrected chi connectivity index (χ0v) is 13.3. The van der Waals surface area contributed by atoms with Gasteiger partial charge >= 0.3 is 5.97 Å². The van der Waals surface area contributed by atoms with E-state index in [1.54, 1.807) is 0 Å². The van der Waals surface area contributed by atoms with Crippen LogP contribution in [-0.2, 0) is 11.2 Å². The lowest BCUT2D eigenvalue weighted by Gasteiger charge is -2.09. The molecule has 0 radical (unpaired) electrons. The summed E-state index contributed by atoms with van der Waals surface area (Å²) in [5.74, 6) is -0.726. The van der Waals surface area contributed by atoms with Gasteiger partial charge in [0.05, 0.1) is 6.20 Å². The Hall–Kier alpha value is -2.43. The molecule has 2 aromatic rings. The molecular weight excluding hydrogens is 280 g/mol. The van der Waals surface area contributed by atoms with Crippen LogP contribution in [0.2, 0.25) is 0 Å². The zero-order valence-electron chi connectivity index (χ0n) is 13.3. The van der Waals surface area contributed by atoms with Crippen molar-refractivity contribution in [3.8, 4) is 0 Å². The average Bonchev–Trinajstić information content (AvgIpc) is 2.96. The Kier molecular flexibility index (Phi) is 4.75. The maximum Gasteiger partial charge on any atom is 0.342 e. The molecule has 1 aromatic heterocycles. The van der Waals surface area contributed by atoms with E-state index < -0.39 is 5.97 Å². The van der Waals surface area contributed by atoms with Gasteiger partial charge in [-0.1, -0.05) is 13.0 Å². The number of carbonyl (C=O) groups is 2. The van der Waals surface area contributed by atoms with E-state index in [0.29, 0.717) is 23.2 Å². The van der Waals surface area contributed by atoms with Gasteiger partial charge in [-0.25, -0.2) is 4.79 Å². The third-order valence-corrected chi connectivity index (χ3v) is 3.77. The average molecular weight is 300 g/mol. The van der Waals surface area contributed by atoms with E-state index in [1.807, 2.05) is 39.8 Å². The lowest BCUT2D eigenvalue weighted by atomic mass is 9.98. The number of H-pyrrole nitrogens is 1. The molecular formula is C17H20N2O3. The fourth-order valence-electron chi connectivity index (χ4n) is 2.31. The number of aromatic nitrogens is 2. The summed E-state index contributed by atoms with van der Waals surface area (Å²) in [7, 11) is 0. The molecule has 0 aliphatic heterocycles. The number of ether oxygens (including phenoxy) is 1. The molecule has 5 nitrogen and oxygen atoms in total. The van der Waals surface area contributed by atoms with Crippen molar-refractivity contribution < 1.29 is 14.3 Å². The van der Waals surface area contributed by atoms with Gasteiger partial charge in [0.2, 0.25) is 5.78 Å². The number of aromatic amines is 1. The normalized spacial score (nSPS) is 10.5. The Labute approximate surface area is 129 Å². The number of Topliss-reactive ketones (excluding diaryl/α,β-unsaturated/α-hetero) is 1. The monoisotopic (exact) mass is 300 g/mol. The van der Waals surface area contributed by atoms with E-state index in [9.17, 15) is 9.59 Å². The van der Waals surface area contributed by atoms with Crippen LogP contribution in [-0.4, -0.2) is 28.6 Å². The number of aryl methyl sites for hydroxylation is 4. The molecule has 0 spiro atoms. The first kappa shape index (κ1) is 15.9. The van der Waals surface area contributed by atoms with Crippen molar-refractivity contribution in [2.75, 3.05) is 6.61 Å². The molecule has 0 unspecified atom stereocenters. The summed E-state index contributed by atoms with van der Waals surface area (Å²) < 4.78 is 5.12. The van der Waals surface area contributed by atoms with Gasteiger partial charge in [-0.3, -0.25) is 9.89 Å². The lowest BCUT2D eigenvalue weighted by molar-refractivity contribution is 0.0473. The van der Waals surface area contributed by atoms with Gasteiger partial charge in [-0.15, -0.1) is 0 Å². The Morgan fingerprint density at radius 3 is 2.45 bits per heavy atom. The maximum atomic E-state index is 12.3. The number of benzene rings is 1. The van der Waals surface area contributed by atoms with Gasteiger partial charge in [0, 0.05) is 11.3 Å². The second-order valence-electron chi connectivity index (χ2n) is 5.37. The number of hydrogen-bond donors (Lipinski definition) is 1. The minimum atomic E-state index is -0.527. The number of carbonyl (C=O) groups excluding carboxylic acids is 2. The molecule has 0 aliphatic carbocycles. The Morgan fingerprint density at radius 2 is 1.77 bits per heavy atom. The molecule has 0 saturated heterocycles. The first-order valence-corrected chi connectivity index (χ1v) is 7.24. The number of rotatable bonds is 5. The standard InChI is InChI=1S/C17H20N2O3/c1-5-15-14(8-18-19-15)17(21)22-9-16(20)13-7-11(3)10(2)6-12(13)4/h6-8H,5,9H2,1-4H3,(H,18,19). The van der Waals surface area contributed by atoms with Crippen LogP contribution < -0.4 is 0 Å². The van der Waals surface area contributed by atoms with E-state index in [-0.39, 0.29) is 12.4 Å². The summed E-state index contributed by atoms with van der Waals surface area (Å²) in [6, 6.07) is 3.81. The quantitative estimate of drug-likeness (QED) is 0.680. The summed E-state index contributed by atoms with van der Waals surface area (Å²) in [5, 5.41) is 6.57. The van der Waals surface area contributed by atoms with Crippen molar-refractivity contribution in [3.05, 3.63) is 51.8 Å². The second-order valence-corrected chi connectivity index (χ2v) is 5.37. The van der Waals surface area contributed by atoms with Crippen LogP contribution in [0.1, 0.15) is 50.0 Å². The van der Waals surface area contributed by atoms with Crippen molar-refractivity contribution in [1.29, 1.82) is 0 Å². The summed E-state index contributed by atoms with van der Waals surface area (Å²) in [4.78, 5) is 24.2. The lowest BCUT2D eigenvalue weighted by Crippen LogP contribution is -2.16. The highest BCUT2D eigenvalue weighted by atomic mass is 16.5. The Balaban J connectivity index is 2.07. The first-order chi connectivity index (χ1) is 10.4. The van der Waals surface area contributed by atoms with Gasteiger partial charge in [0.15, 0.2) is 6.61 Å². The van der Waals surface area contributed by atoms with Crippen LogP contribution in [0.4, 0.5) is 0 Å². The summed E-state index contributed by atoms with van der Waals surface area (Å²) in [6.45, 7) is 7.48. The molecule has 1 N–H and O–H groups in total. The highest BCUT2D eigenvalue weighted by molar-refractivity contribution is 6.00. The van der Waals surface area contributed by atoms with Crippen molar-refractivity contribution in [2.24, 2.45) is 0 Å². The molecule has 1 aromatic carbocycles. The second kappa shape index (κ2) is 6.56. The largest absolute Gasteiger partial charge is 0.454 e. The molecule has 116 valence electrons. The fourth-order valence-corrected chi connectivity index (χ4v) is 2.31. The molecule has 22 heavy (non-hydrogen) atoms. The summed E-state index contributed by atoms with van der Waals surface area (Å²) >= 11 is 0. The van der Waals surface area contributed by atoms with Gasteiger partial charge in [-0.2, -0.15) is 5.10 Å². The Morgan fingerprint density at radius 1 is 1.09 bits per heavy atom. The van der Waals surface area contributed by atoms with Crippen LogP contribution in [0.25, 0.3) is 0 Å². The van der Waals surface area contributed by atoms with Gasteiger partial charge in [0.25, 0.3) is 0 Å². The predicted molar refractivity (Wildman–Crippen MR) is 83.2 cm³/mol. The van der Waals surface area contributed by atoms with Gasteiger partial charge < -0.3 is 4.74 Å². The third-order valence-electron chi connectivity index (χ3n) is 3.77. The molecule has 2 rings (SSSR count). The van der Waals surface area contributed by atoms with E-state index >= 15 is 0 Å². The van der Waals surface area contributed by atoms with Crippen molar-refractivity contribution in [1.82, 2.24) is 10.2 Å². The maximum absolute atomic E-state index is 12.3. The number of esters is 1. The van der Waals surface area contributed by atoms with Crippen molar-refractivity contribution in [2.45, 2.75) is 34.1 Å². The molecule has 5 heteroatoms. The summed E-state index contributed by atoms with van der Waals surface area (Å²) in [5.41, 5.74) is 4.76. The smallest absolute Gasteiger partial charge is 0.342 e. The summed E-state index contributed by atoms with van der Waals surface area (Å²) in [6.07, 6.45) is 2.07. The van der Waals surface area contributed by atoms with Crippen LogP contribution >= 0.6 is 0 Å². The zero-order chi connectivity index (χ0) is 16.3. The molecule has 0 aliphatic rings. The highest BCUT2D eigenvalue weighted by Gasteiger charge is 2.17. The highest BCUT2D eigenvalue weighted by Crippen LogP contribution is 2.16. The molecule has 0 fully saturated rings. The molecule has 1 heterocycles. The third kappa shape index (κ3) is 3.24. The van der Waals surface area contributed by atoms with Crippen LogP contribution in [0.15, 0.2) is 18.3 Å². The molecule has 0 bridgehead atoms. The molecule has 0 amide bonds. The molecule has 0 saturated carbocycles. The van der Waals surface area contributed by atoms with E-state index in [2.05, 4.69) is 10.2 Å². The van der Waals surface area contributed by atoms with Crippen LogP contribution in [0.5, 0.6) is 0 Å². The minimum Gasteiger partial charge on any atom is -0.454 e. The van der Waals surface area contributed by atoms with E-state index in [1.165, 1.54) is 6.20 Å². The number of nitrogens with one attached hydrogen (secondary N) is 1. The molecule has 0 atom stereocenters. The number of hydrogen-bond acceptors (Lipinski definition) is 4. The Bertz CT molecular complexity index is 717. The van der Waals surface area contributed by atoms with Gasteiger partial charge in [-0.05, 0) is 49.9 Å². The first-order valence-electron chi connectivity index (χ1n) is 7.24. The van der Waals surface area contributed by atoms with Crippen LogP contribution in [0.3, 0.4) is 0 Å². The van der Waals surface area contributed by atoms with E-state index in [0.717, 1.165) is 16.7 Å². The van der Waals surface area contributed by atoms with E-state index in [4.69, 9.17) is 4.74 Å². The van der Waals surface area contributed by atoms with Gasteiger partial charge in [0.1, 0.15) is 5.56 Å². The van der Waals surface area contributed by atoms with Crippen LogP contribution in [0, 0.1) is 20.8 Å². The predicted octanol–water partition coefficient (Wildman–Crippen LogP) is 2.94. The number of nitrogens with zero attached hydrogens (tertiary/aromatic N) is 1. The van der Waals surface area contributed by atoms with Crippen molar-refractivity contribution in [3.63, 3.8) is 0 Å². The number of ketones is 1. The van der Waals surface area contributed by atoms with Crippen molar-refractivity contribution >= 4 is 11.8 Å². The topological polar surface area (TPSA) is 72.1 Å². The fraction of sp³-hybridized carbons (Fsp3) is 0.353.